The van der Waals surface area contributed by atoms with Crippen LogP contribution in [0.3, 0.4) is 0 Å². The SMILES string of the molecule is CCC(C)(CC(=O)O)N(C)C. The van der Waals surface area contributed by atoms with Gasteiger partial charge in [0.2, 0.25) is 0 Å². The van der Waals surface area contributed by atoms with Gasteiger partial charge >= 0.3 is 5.97 Å². The summed E-state index contributed by atoms with van der Waals surface area (Å²) in [5, 5.41) is 8.60. The van der Waals surface area contributed by atoms with Gasteiger partial charge in [0.15, 0.2) is 0 Å². The van der Waals surface area contributed by atoms with Gasteiger partial charge in [-0.15, -0.1) is 0 Å². The van der Waals surface area contributed by atoms with Crippen LogP contribution in [0.15, 0.2) is 0 Å². The van der Waals surface area contributed by atoms with E-state index in [9.17, 15) is 4.79 Å². The third-order valence-electron chi connectivity index (χ3n) is 2.37. The van der Waals surface area contributed by atoms with Gasteiger partial charge in [0, 0.05) is 5.54 Å². The minimum absolute atomic E-state index is 0.203. The Kier molecular flexibility index (Phi) is 3.52. The van der Waals surface area contributed by atoms with Gasteiger partial charge < -0.3 is 10.0 Å². The highest BCUT2D eigenvalue weighted by atomic mass is 16.4. The smallest absolute Gasteiger partial charge is 0.305 e. The summed E-state index contributed by atoms with van der Waals surface area (Å²) in [5.74, 6) is -0.733. The molecular formula is C8H17NO2. The molecule has 0 aromatic carbocycles. The molecule has 0 aliphatic carbocycles. The van der Waals surface area contributed by atoms with Crippen LogP contribution in [0.2, 0.25) is 0 Å². The molecule has 0 aliphatic heterocycles. The van der Waals surface area contributed by atoms with Crippen LogP contribution >= 0.6 is 0 Å². The fourth-order valence-corrected chi connectivity index (χ4v) is 0.925. The first-order chi connectivity index (χ1) is 4.92. The van der Waals surface area contributed by atoms with Crippen molar-refractivity contribution in [2.45, 2.75) is 32.2 Å². The fourth-order valence-electron chi connectivity index (χ4n) is 0.925. The van der Waals surface area contributed by atoms with Crippen LogP contribution in [0.25, 0.3) is 0 Å². The second-order valence-electron chi connectivity index (χ2n) is 3.32. The largest absolute Gasteiger partial charge is 0.481 e. The zero-order valence-corrected chi connectivity index (χ0v) is 7.72. The predicted molar refractivity (Wildman–Crippen MR) is 44.6 cm³/mol. The minimum Gasteiger partial charge on any atom is -0.481 e. The van der Waals surface area contributed by atoms with E-state index in [1.807, 2.05) is 32.8 Å². The molecule has 0 heterocycles. The molecule has 0 bridgehead atoms. The minimum atomic E-state index is -0.733. The van der Waals surface area contributed by atoms with Crippen molar-refractivity contribution in [3.8, 4) is 0 Å². The van der Waals surface area contributed by atoms with Gasteiger partial charge in [-0.05, 0) is 27.4 Å². The third-order valence-corrected chi connectivity index (χ3v) is 2.37. The number of carbonyl (C=O) groups is 1. The van der Waals surface area contributed by atoms with E-state index >= 15 is 0 Å². The Morgan fingerprint density at radius 1 is 1.55 bits per heavy atom. The van der Waals surface area contributed by atoms with Gasteiger partial charge in [-0.1, -0.05) is 6.92 Å². The molecule has 66 valence electrons. The summed E-state index contributed by atoms with van der Waals surface area (Å²) in [6.07, 6.45) is 1.06. The molecule has 3 nitrogen and oxygen atoms in total. The van der Waals surface area contributed by atoms with Crippen LogP contribution in [-0.4, -0.2) is 35.6 Å². The fraction of sp³-hybridized carbons (Fsp3) is 0.875. The maximum absolute atomic E-state index is 10.5. The van der Waals surface area contributed by atoms with E-state index in [1.54, 1.807) is 0 Å². The number of nitrogens with zero attached hydrogens (tertiary/aromatic N) is 1. The van der Waals surface area contributed by atoms with E-state index in [0.717, 1.165) is 6.42 Å². The quantitative estimate of drug-likeness (QED) is 0.670. The highest BCUT2D eigenvalue weighted by Gasteiger charge is 2.27. The van der Waals surface area contributed by atoms with Crippen molar-refractivity contribution in [1.29, 1.82) is 0 Å². The molecular weight excluding hydrogens is 142 g/mol. The molecule has 3 heteroatoms. The molecule has 11 heavy (non-hydrogen) atoms. The van der Waals surface area contributed by atoms with Crippen molar-refractivity contribution in [2.24, 2.45) is 0 Å². The molecule has 0 spiro atoms. The van der Waals surface area contributed by atoms with E-state index in [4.69, 9.17) is 5.11 Å². The molecule has 0 aliphatic rings. The molecule has 0 saturated heterocycles. The first-order valence-corrected chi connectivity index (χ1v) is 3.81. The van der Waals surface area contributed by atoms with Crippen LogP contribution in [0, 0.1) is 0 Å². The summed E-state index contributed by atoms with van der Waals surface area (Å²) in [6, 6.07) is 0. The van der Waals surface area contributed by atoms with Gasteiger partial charge in [-0.2, -0.15) is 0 Å². The Balaban J connectivity index is 4.22. The van der Waals surface area contributed by atoms with Crippen LogP contribution in [0.1, 0.15) is 26.7 Å². The molecule has 0 aromatic heterocycles. The second-order valence-corrected chi connectivity index (χ2v) is 3.32. The van der Waals surface area contributed by atoms with E-state index in [-0.39, 0.29) is 12.0 Å². The van der Waals surface area contributed by atoms with Gasteiger partial charge in [0.05, 0.1) is 6.42 Å². The van der Waals surface area contributed by atoms with Gasteiger partial charge in [-0.3, -0.25) is 4.79 Å². The molecule has 0 amide bonds. The summed E-state index contributed by atoms with van der Waals surface area (Å²) in [4.78, 5) is 12.4. The lowest BCUT2D eigenvalue weighted by atomic mass is 9.93. The number of rotatable bonds is 4. The summed E-state index contributed by atoms with van der Waals surface area (Å²) in [5.41, 5.74) is -0.203. The summed E-state index contributed by atoms with van der Waals surface area (Å²) >= 11 is 0. The van der Waals surface area contributed by atoms with Crippen molar-refractivity contribution in [2.75, 3.05) is 14.1 Å². The average molecular weight is 159 g/mol. The number of carboxylic acid groups (broad SMARTS) is 1. The molecule has 0 radical (unpaired) electrons. The van der Waals surface area contributed by atoms with E-state index < -0.39 is 5.97 Å². The predicted octanol–water partition coefficient (Wildman–Crippen LogP) is 1.19. The van der Waals surface area contributed by atoms with Crippen molar-refractivity contribution >= 4 is 5.97 Å². The number of carboxylic acids is 1. The standard InChI is InChI=1S/C8H17NO2/c1-5-8(2,9(3)4)6-7(10)11/h5-6H2,1-4H3,(H,10,11). The van der Waals surface area contributed by atoms with E-state index in [2.05, 4.69) is 0 Å². The van der Waals surface area contributed by atoms with E-state index in [1.165, 1.54) is 0 Å². The zero-order valence-electron chi connectivity index (χ0n) is 7.72. The monoisotopic (exact) mass is 159 g/mol. The van der Waals surface area contributed by atoms with Gasteiger partial charge in [0.25, 0.3) is 0 Å². The Bertz CT molecular complexity index is 145. The molecule has 0 aromatic rings. The average Bonchev–Trinajstić information content (AvgIpc) is 1.86. The second kappa shape index (κ2) is 3.72. The molecule has 1 atom stereocenters. The van der Waals surface area contributed by atoms with Crippen molar-refractivity contribution < 1.29 is 9.90 Å². The first kappa shape index (κ1) is 10.4. The Morgan fingerprint density at radius 2 is 2.00 bits per heavy atom. The molecule has 0 saturated carbocycles. The highest BCUT2D eigenvalue weighted by molar-refractivity contribution is 5.68. The van der Waals surface area contributed by atoms with Gasteiger partial charge in [-0.25, -0.2) is 0 Å². The van der Waals surface area contributed by atoms with Crippen molar-refractivity contribution in [3.63, 3.8) is 0 Å². The topological polar surface area (TPSA) is 40.5 Å². The lowest BCUT2D eigenvalue weighted by molar-refractivity contribution is -0.139. The van der Waals surface area contributed by atoms with Crippen LogP contribution in [0.5, 0.6) is 0 Å². The Morgan fingerprint density at radius 3 is 2.09 bits per heavy atom. The number of aliphatic carboxylic acids is 1. The summed E-state index contributed by atoms with van der Waals surface area (Å²) < 4.78 is 0. The third kappa shape index (κ3) is 2.89. The first-order valence-electron chi connectivity index (χ1n) is 3.81. The Labute approximate surface area is 68.0 Å². The normalized spacial score (nSPS) is 16.5. The summed E-state index contributed by atoms with van der Waals surface area (Å²) in [6.45, 7) is 3.96. The number of hydrogen-bond donors (Lipinski definition) is 1. The van der Waals surface area contributed by atoms with Crippen LogP contribution in [0.4, 0.5) is 0 Å². The number of hydrogen-bond acceptors (Lipinski definition) is 2. The van der Waals surface area contributed by atoms with Crippen LogP contribution < -0.4 is 0 Å². The van der Waals surface area contributed by atoms with Crippen molar-refractivity contribution in [1.82, 2.24) is 4.90 Å². The lowest BCUT2D eigenvalue weighted by Gasteiger charge is -2.34. The summed E-state index contributed by atoms with van der Waals surface area (Å²) in [7, 11) is 3.82. The molecule has 1 N–H and O–H groups in total. The highest BCUT2D eigenvalue weighted by Crippen LogP contribution is 2.19. The van der Waals surface area contributed by atoms with E-state index in [0.29, 0.717) is 0 Å². The molecule has 0 rings (SSSR count). The van der Waals surface area contributed by atoms with Crippen molar-refractivity contribution in [3.05, 3.63) is 0 Å². The van der Waals surface area contributed by atoms with Gasteiger partial charge in [0.1, 0.15) is 0 Å². The lowest BCUT2D eigenvalue weighted by Crippen LogP contribution is -2.42. The van der Waals surface area contributed by atoms with Crippen LogP contribution in [-0.2, 0) is 4.79 Å². The maximum atomic E-state index is 10.5. The molecule has 1 unspecified atom stereocenters. The molecule has 0 fully saturated rings. The Hall–Kier alpha value is -0.570. The maximum Gasteiger partial charge on any atom is 0.305 e. The zero-order chi connectivity index (χ0) is 9.07.